The molecule has 0 atom stereocenters. The smallest absolute Gasteiger partial charge is 0.404 e. The van der Waals surface area contributed by atoms with Crippen LogP contribution in [0.1, 0.15) is 18.3 Å². The zero-order chi connectivity index (χ0) is 17.8. The predicted molar refractivity (Wildman–Crippen MR) is 98.4 cm³/mol. The molecule has 0 spiro atoms. The molecular weight excluding hydrogens is 338 g/mol. The fraction of sp³-hybridized carbons (Fsp3) is 0.167. The van der Waals surface area contributed by atoms with Crippen LogP contribution in [0.25, 0.3) is 27.2 Å². The summed E-state index contributed by atoms with van der Waals surface area (Å²) in [5, 5.41) is 14.0. The molecule has 3 rings (SSSR count). The van der Waals surface area contributed by atoms with Crippen molar-refractivity contribution in [2.75, 3.05) is 6.61 Å². The van der Waals surface area contributed by atoms with E-state index >= 15 is 0 Å². The SMILES string of the molecule is C=C(OCC)c1nc(-c2cccc(CNC(=O)O)c2)c2ccsc2n1. The lowest BCUT2D eigenvalue weighted by Crippen LogP contribution is -2.19. The van der Waals surface area contributed by atoms with Gasteiger partial charge in [-0.3, -0.25) is 0 Å². The Labute approximate surface area is 148 Å². The third kappa shape index (κ3) is 3.77. The normalized spacial score (nSPS) is 10.6. The molecule has 2 heterocycles. The molecule has 1 amide bonds. The van der Waals surface area contributed by atoms with E-state index in [4.69, 9.17) is 9.84 Å². The third-order valence-corrected chi connectivity index (χ3v) is 4.34. The van der Waals surface area contributed by atoms with Crippen molar-refractivity contribution in [2.24, 2.45) is 0 Å². The van der Waals surface area contributed by atoms with Gasteiger partial charge in [0.15, 0.2) is 11.6 Å². The van der Waals surface area contributed by atoms with Crippen LogP contribution in [0.2, 0.25) is 0 Å². The van der Waals surface area contributed by atoms with E-state index in [2.05, 4.69) is 21.9 Å². The molecule has 0 fully saturated rings. The largest absolute Gasteiger partial charge is 0.491 e. The Morgan fingerprint density at radius 3 is 2.96 bits per heavy atom. The number of thiophene rings is 1. The Morgan fingerprint density at radius 2 is 2.20 bits per heavy atom. The molecular formula is C18H17N3O3S. The van der Waals surface area contributed by atoms with Crippen LogP contribution in [0.3, 0.4) is 0 Å². The topological polar surface area (TPSA) is 84.3 Å². The molecule has 0 aliphatic carbocycles. The predicted octanol–water partition coefficient (Wildman–Crippen LogP) is 4.13. The fourth-order valence-corrected chi connectivity index (χ4v) is 3.21. The molecule has 0 aliphatic heterocycles. The van der Waals surface area contributed by atoms with E-state index in [9.17, 15) is 4.79 Å². The fourth-order valence-electron chi connectivity index (χ4n) is 2.45. The number of ether oxygens (including phenoxy) is 1. The van der Waals surface area contributed by atoms with Crippen molar-refractivity contribution in [1.82, 2.24) is 15.3 Å². The number of nitrogens with zero attached hydrogens (tertiary/aromatic N) is 2. The molecule has 7 heteroatoms. The maximum atomic E-state index is 10.7. The highest BCUT2D eigenvalue weighted by Crippen LogP contribution is 2.31. The van der Waals surface area contributed by atoms with Gasteiger partial charge in [-0.05, 0) is 30.0 Å². The van der Waals surface area contributed by atoms with Crippen molar-refractivity contribution in [2.45, 2.75) is 13.5 Å². The van der Waals surface area contributed by atoms with Gasteiger partial charge in [-0.1, -0.05) is 24.8 Å². The van der Waals surface area contributed by atoms with Crippen LogP contribution in [0.5, 0.6) is 0 Å². The molecule has 0 unspecified atom stereocenters. The molecule has 2 N–H and O–H groups in total. The molecule has 0 aliphatic rings. The van der Waals surface area contributed by atoms with Gasteiger partial charge in [0.25, 0.3) is 0 Å². The van der Waals surface area contributed by atoms with Crippen LogP contribution < -0.4 is 5.32 Å². The quantitative estimate of drug-likeness (QED) is 0.649. The van der Waals surface area contributed by atoms with Gasteiger partial charge in [-0.2, -0.15) is 0 Å². The molecule has 1 aromatic carbocycles. The zero-order valence-corrected chi connectivity index (χ0v) is 14.5. The first-order valence-electron chi connectivity index (χ1n) is 7.72. The van der Waals surface area contributed by atoms with Crippen LogP contribution in [-0.4, -0.2) is 27.8 Å². The Balaban J connectivity index is 2.05. The molecule has 25 heavy (non-hydrogen) atoms. The number of hydrogen-bond donors (Lipinski definition) is 2. The van der Waals surface area contributed by atoms with Crippen LogP contribution in [-0.2, 0) is 11.3 Å². The molecule has 0 bridgehead atoms. The van der Waals surface area contributed by atoms with E-state index < -0.39 is 6.09 Å². The Bertz CT molecular complexity index is 936. The van der Waals surface area contributed by atoms with E-state index in [1.807, 2.05) is 42.6 Å². The molecule has 0 radical (unpaired) electrons. The van der Waals surface area contributed by atoms with Gasteiger partial charge < -0.3 is 15.2 Å². The summed E-state index contributed by atoms with van der Waals surface area (Å²) in [4.78, 5) is 20.7. The van der Waals surface area contributed by atoms with Crippen LogP contribution in [0.4, 0.5) is 4.79 Å². The highest BCUT2D eigenvalue weighted by atomic mass is 32.1. The number of benzene rings is 1. The Hall–Kier alpha value is -2.93. The zero-order valence-electron chi connectivity index (χ0n) is 13.7. The number of aromatic nitrogens is 2. The molecule has 128 valence electrons. The van der Waals surface area contributed by atoms with E-state index in [1.54, 1.807) is 0 Å². The summed E-state index contributed by atoms with van der Waals surface area (Å²) < 4.78 is 5.44. The highest BCUT2D eigenvalue weighted by molar-refractivity contribution is 7.16. The van der Waals surface area contributed by atoms with E-state index in [1.165, 1.54) is 11.3 Å². The second-order valence-corrected chi connectivity index (χ2v) is 6.15. The van der Waals surface area contributed by atoms with Crippen molar-refractivity contribution in [3.63, 3.8) is 0 Å². The van der Waals surface area contributed by atoms with Crippen LogP contribution >= 0.6 is 11.3 Å². The molecule has 2 aromatic heterocycles. The number of fused-ring (bicyclic) bond motifs is 1. The number of carboxylic acid groups (broad SMARTS) is 1. The number of hydrogen-bond acceptors (Lipinski definition) is 5. The maximum absolute atomic E-state index is 10.7. The van der Waals surface area contributed by atoms with E-state index in [0.717, 1.165) is 27.0 Å². The third-order valence-electron chi connectivity index (χ3n) is 3.54. The lowest BCUT2D eigenvalue weighted by molar-refractivity contribution is 0.194. The molecule has 6 nitrogen and oxygen atoms in total. The molecule has 3 aromatic rings. The minimum absolute atomic E-state index is 0.236. The lowest BCUT2D eigenvalue weighted by Gasteiger charge is -2.10. The summed E-state index contributed by atoms with van der Waals surface area (Å²) >= 11 is 1.53. The summed E-state index contributed by atoms with van der Waals surface area (Å²) in [5.74, 6) is 0.892. The maximum Gasteiger partial charge on any atom is 0.404 e. The summed E-state index contributed by atoms with van der Waals surface area (Å²) in [6, 6.07) is 9.58. The summed E-state index contributed by atoms with van der Waals surface area (Å²) in [6.07, 6.45) is -1.05. The Morgan fingerprint density at radius 1 is 1.36 bits per heavy atom. The Kier molecular flexibility index (Phi) is 4.95. The first-order valence-corrected chi connectivity index (χ1v) is 8.60. The van der Waals surface area contributed by atoms with Crippen molar-refractivity contribution < 1.29 is 14.6 Å². The molecule has 0 saturated carbocycles. The first kappa shape index (κ1) is 16.9. The second-order valence-electron chi connectivity index (χ2n) is 5.25. The van der Waals surface area contributed by atoms with Crippen molar-refractivity contribution in [3.05, 3.63) is 53.7 Å². The summed E-state index contributed by atoms with van der Waals surface area (Å²) in [5.41, 5.74) is 2.52. The molecule has 0 saturated heterocycles. The number of carbonyl (C=O) groups is 1. The number of rotatable bonds is 6. The standard InChI is InChI=1S/C18H17N3O3S/c1-3-24-11(2)16-20-15(14-7-8-25-17(14)21-16)13-6-4-5-12(9-13)10-19-18(22)23/h4-9,19H,2-3,10H2,1H3,(H,22,23). The minimum atomic E-state index is -1.05. The average Bonchev–Trinajstić information content (AvgIpc) is 3.08. The monoisotopic (exact) mass is 355 g/mol. The van der Waals surface area contributed by atoms with Gasteiger partial charge in [0, 0.05) is 17.5 Å². The van der Waals surface area contributed by atoms with Crippen molar-refractivity contribution in [3.8, 4) is 11.3 Å². The van der Waals surface area contributed by atoms with Gasteiger partial charge in [0.05, 0.1) is 12.3 Å². The van der Waals surface area contributed by atoms with Gasteiger partial charge >= 0.3 is 6.09 Å². The first-order chi connectivity index (χ1) is 12.1. The van der Waals surface area contributed by atoms with Crippen LogP contribution in [0, 0.1) is 0 Å². The van der Waals surface area contributed by atoms with Crippen molar-refractivity contribution >= 4 is 33.4 Å². The minimum Gasteiger partial charge on any atom is -0.491 e. The van der Waals surface area contributed by atoms with Gasteiger partial charge in [-0.15, -0.1) is 11.3 Å². The van der Waals surface area contributed by atoms with E-state index in [-0.39, 0.29) is 6.54 Å². The van der Waals surface area contributed by atoms with Gasteiger partial charge in [-0.25, -0.2) is 14.8 Å². The number of nitrogens with one attached hydrogen (secondary N) is 1. The average molecular weight is 355 g/mol. The highest BCUT2D eigenvalue weighted by Gasteiger charge is 2.14. The van der Waals surface area contributed by atoms with Gasteiger partial charge in [0.1, 0.15) is 4.83 Å². The van der Waals surface area contributed by atoms with Crippen LogP contribution in [0.15, 0.2) is 42.3 Å². The second kappa shape index (κ2) is 7.31. The van der Waals surface area contributed by atoms with E-state index in [0.29, 0.717) is 18.2 Å². The lowest BCUT2D eigenvalue weighted by atomic mass is 10.1. The summed E-state index contributed by atoms with van der Waals surface area (Å²) in [6.45, 7) is 6.50. The van der Waals surface area contributed by atoms with Crippen molar-refractivity contribution in [1.29, 1.82) is 0 Å². The van der Waals surface area contributed by atoms with Gasteiger partial charge in [0.2, 0.25) is 0 Å². The summed E-state index contributed by atoms with van der Waals surface area (Å²) in [7, 11) is 0. The number of amides is 1.